The first-order chi connectivity index (χ1) is 1.73. The molecule has 2 nitrogen and oxygen atoms in total. The summed E-state index contributed by atoms with van der Waals surface area (Å²) in [4.78, 5) is 8.41. The molecular weight excluding hydrogens is 82.0 g/mol. The minimum Gasteiger partial charge on any atom is -0.256 e. The van der Waals surface area contributed by atoms with Crippen LogP contribution in [0.3, 0.4) is 0 Å². The van der Waals surface area contributed by atoms with Crippen LogP contribution < -0.4 is 0 Å². The largest absolute Gasteiger partial charge is 0.383 e. The van der Waals surface area contributed by atoms with Gasteiger partial charge in [0, 0.05) is 0 Å². The molecule has 0 heterocycles. The lowest BCUT2D eigenvalue weighted by Gasteiger charge is -1.50. The van der Waals surface area contributed by atoms with Crippen molar-refractivity contribution >= 4 is 8.34 Å². The molecule has 0 aliphatic rings. The summed E-state index contributed by atoms with van der Waals surface area (Å²) in [5.41, 5.74) is 0. The van der Waals surface area contributed by atoms with Crippen molar-refractivity contribution in [3.8, 4) is 0 Å². The summed E-state index contributed by atoms with van der Waals surface area (Å²) in [7, 11) is -3.88. The van der Waals surface area contributed by atoms with Crippen LogP contribution in [0.5, 0.6) is 0 Å². The molecule has 0 aromatic rings. The summed E-state index contributed by atoms with van der Waals surface area (Å²) in [6.45, 7) is 0. The van der Waals surface area contributed by atoms with Crippen molar-refractivity contribution in [1.29, 1.82) is 0 Å². The molecular formula is HFO2P. The van der Waals surface area contributed by atoms with Crippen LogP contribution >= 0.6 is 8.34 Å². The van der Waals surface area contributed by atoms with Crippen molar-refractivity contribution in [3.05, 3.63) is 0 Å². The Morgan fingerprint density at radius 3 is 1.75 bits per heavy atom. The van der Waals surface area contributed by atoms with Gasteiger partial charge in [-0.25, -0.2) is 0 Å². The third kappa shape index (κ3) is 185. The first-order valence-corrected chi connectivity index (χ1v) is 1.79. The van der Waals surface area contributed by atoms with Gasteiger partial charge in [0.15, 0.2) is 0 Å². The Kier molecular flexibility index (Phi) is 1.48. The van der Waals surface area contributed by atoms with Gasteiger partial charge in [0.2, 0.25) is 0 Å². The quantitative estimate of drug-likeness (QED) is 0.398. The summed E-state index contributed by atoms with van der Waals surface area (Å²) in [5.74, 6) is 0. The summed E-state index contributed by atoms with van der Waals surface area (Å²) in [6, 6.07) is 0. The predicted octanol–water partition coefficient (Wildman–Crippen LogP) is 0.776. The molecule has 0 N–H and O–H groups in total. The summed E-state index contributed by atoms with van der Waals surface area (Å²) < 4.78 is 18.4. The molecule has 1 atom stereocenters. The van der Waals surface area contributed by atoms with Crippen molar-refractivity contribution in [1.82, 2.24) is 0 Å². The number of rotatable bonds is 0. The second-order valence-corrected chi connectivity index (χ2v) is 0.713. The Morgan fingerprint density at radius 2 is 1.75 bits per heavy atom. The summed E-state index contributed by atoms with van der Waals surface area (Å²) >= 11 is 0. The van der Waals surface area contributed by atoms with E-state index < -0.39 is 8.34 Å². The van der Waals surface area contributed by atoms with Gasteiger partial charge in [-0.1, -0.05) is 0 Å². The average Bonchev–Trinajstić information content (AvgIpc) is 0.811. The first-order valence-electron chi connectivity index (χ1n) is 0.597. The molecule has 4 heavy (non-hydrogen) atoms. The van der Waals surface area contributed by atoms with E-state index in [-0.39, 0.29) is 0 Å². The van der Waals surface area contributed by atoms with Crippen LogP contribution in [0, 0.1) is 0 Å². The Morgan fingerprint density at radius 1 is 1.75 bits per heavy atom. The zero-order valence-corrected chi connectivity index (χ0v) is 2.69. The average molecular weight is 83.0 g/mol. The molecule has 0 aliphatic carbocycles. The van der Waals surface area contributed by atoms with Crippen molar-refractivity contribution in [2.75, 3.05) is 0 Å². The lowest BCUT2D eigenvalue weighted by Crippen LogP contribution is -1.18. The molecule has 0 bridgehead atoms. The zero-order valence-electron chi connectivity index (χ0n) is 1.69. The maximum atomic E-state index is 9.99. The lowest BCUT2D eigenvalue weighted by molar-refractivity contribution is 0.395. The Labute approximate surface area is 23.2 Å². The van der Waals surface area contributed by atoms with E-state index in [2.05, 4.69) is 0 Å². The molecule has 0 fully saturated rings. The van der Waals surface area contributed by atoms with E-state index in [4.69, 9.17) is 9.46 Å². The molecule has 0 saturated carbocycles. The van der Waals surface area contributed by atoms with Gasteiger partial charge in [-0.3, -0.25) is 4.57 Å². The second kappa shape index (κ2) is 1.44. The maximum Gasteiger partial charge on any atom is 0.383 e. The SMILES string of the molecule is [O][PH](=O)F. The van der Waals surface area contributed by atoms with Gasteiger partial charge in [-0.15, -0.1) is 4.89 Å². The topological polar surface area (TPSA) is 37.0 Å². The Balaban J connectivity index is 2.80. The van der Waals surface area contributed by atoms with Crippen LogP contribution in [0.4, 0.5) is 4.20 Å². The molecule has 0 aromatic heterocycles. The maximum absolute atomic E-state index is 9.99. The highest BCUT2D eigenvalue weighted by atomic mass is 31.2. The number of hydrogen-bond acceptors (Lipinski definition) is 1. The van der Waals surface area contributed by atoms with E-state index in [0.29, 0.717) is 0 Å². The van der Waals surface area contributed by atoms with E-state index in [1.54, 1.807) is 0 Å². The van der Waals surface area contributed by atoms with E-state index in [9.17, 15) is 4.20 Å². The zero-order chi connectivity index (χ0) is 3.58. The fraction of sp³-hybridized carbons (Fsp3) is 0. The molecule has 1 unspecified atom stereocenters. The van der Waals surface area contributed by atoms with Gasteiger partial charge >= 0.3 is 8.34 Å². The molecule has 25 valence electrons. The van der Waals surface area contributed by atoms with Gasteiger partial charge in [-0.05, 0) is 0 Å². The smallest absolute Gasteiger partial charge is 0.256 e. The molecule has 0 spiro atoms. The first kappa shape index (κ1) is 4.12. The van der Waals surface area contributed by atoms with Gasteiger partial charge in [0.1, 0.15) is 0 Å². The third-order valence-corrected chi connectivity index (χ3v) is 0. The second-order valence-electron chi connectivity index (χ2n) is 0.238. The molecule has 1 radical (unpaired) electrons. The molecule has 0 saturated heterocycles. The summed E-state index contributed by atoms with van der Waals surface area (Å²) in [5, 5.41) is 0. The van der Waals surface area contributed by atoms with Crippen molar-refractivity contribution < 1.29 is 13.7 Å². The highest BCUT2D eigenvalue weighted by molar-refractivity contribution is 7.31. The van der Waals surface area contributed by atoms with Crippen LogP contribution in [-0.2, 0) is 9.46 Å². The van der Waals surface area contributed by atoms with E-state index in [1.807, 2.05) is 0 Å². The van der Waals surface area contributed by atoms with Crippen LogP contribution in [-0.4, -0.2) is 0 Å². The predicted molar refractivity (Wildman–Crippen MR) is 10.8 cm³/mol. The van der Waals surface area contributed by atoms with Crippen LogP contribution in [0.25, 0.3) is 0 Å². The highest BCUT2D eigenvalue weighted by Gasteiger charge is 1.71. The Hall–Kier alpha value is 0.120. The van der Waals surface area contributed by atoms with Gasteiger partial charge in [0.25, 0.3) is 0 Å². The minimum atomic E-state index is -3.88. The van der Waals surface area contributed by atoms with Crippen molar-refractivity contribution in [3.63, 3.8) is 0 Å². The standard InChI is InChI=1S/FHO2P/c1-4(2)3/h4H. The van der Waals surface area contributed by atoms with Crippen LogP contribution in [0.2, 0.25) is 0 Å². The monoisotopic (exact) mass is 83.0 g/mol. The van der Waals surface area contributed by atoms with E-state index >= 15 is 0 Å². The van der Waals surface area contributed by atoms with Crippen LogP contribution in [0.1, 0.15) is 0 Å². The van der Waals surface area contributed by atoms with Crippen molar-refractivity contribution in [2.45, 2.75) is 0 Å². The van der Waals surface area contributed by atoms with Gasteiger partial charge in [-0.2, -0.15) is 4.20 Å². The van der Waals surface area contributed by atoms with E-state index in [1.165, 1.54) is 0 Å². The molecule has 0 rings (SSSR count). The third-order valence-electron chi connectivity index (χ3n) is 0. The van der Waals surface area contributed by atoms with E-state index in [0.717, 1.165) is 0 Å². The minimum absolute atomic E-state index is 3.88. The van der Waals surface area contributed by atoms with Gasteiger partial charge in [0.05, 0.1) is 0 Å². The molecule has 0 amide bonds. The fourth-order valence-electron chi connectivity index (χ4n) is 0. The molecule has 4 heteroatoms. The van der Waals surface area contributed by atoms with Crippen molar-refractivity contribution in [2.24, 2.45) is 0 Å². The number of halogens is 1. The summed E-state index contributed by atoms with van der Waals surface area (Å²) in [6.07, 6.45) is 0. The Bertz CT molecular complexity index is 29.0. The fourth-order valence-corrected chi connectivity index (χ4v) is 0. The molecule has 0 aliphatic heterocycles. The van der Waals surface area contributed by atoms with Crippen LogP contribution in [0.15, 0.2) is 0 Å². The molecule has 0 aromatic carbocycles. The normalized spacial score (nSPS) is 15.5. The van der Waals surface area contributed by atoms with Gasteiger partial charge < -0.3 is 0 Å². The lowest BCUT2D eigenvalue weighted by atomic mass is 15.9. The highest BCUT2D eigenvalue weighted by Crippen LogP contribution is 2.12. The number of hydrogen-bond donors (Lipinski definition) is 0.